The zero-order valence-electron chi connectivity index (χ0n) is 8.12. The van der Waals surface area contributed by atoms with Crippen LogP contribution in [0.4, 0.5) is 0 Å². The van der Waals surface area contributed by atoms with Crippen LogP contribution in [0.3, 0.4) is 0 Å². The molecule has 0 aliphatic heterocycles. The van der Waals surface area contributed by atoms with Crippen LogP contribution in [0.15, 0.2) is 0 Å². The van der Waals surface area contributed by atoms with Crippen molar-refractivity contribution in [2.75, 3.05) is 12.9 Å². The average molecular weight is 218 g/mol. The monoisotopic (exact) mass is 218 g/mol. The highest BCUT2D eigenvalue weighted by Gasteiger charge is 2.42. The van der Waals surface area contributed by atoms with Gasteiger partial charge in [0.25, 0.3) is 0 Å². The van der Waals surface area contributed by atoms with Crippen molar-refractivity contribution in [2.45, 2.75) is 30.4 Å². The number of ether oxygens (including phenoxy) is 1. The lowest BCUT2D eigenvalue weighted by molar-refractivity contribution is -0.139. The standard InChI is InChI=1S/C9H14O4S/c1-13-7(10)6-14-9(8(11)12)4-2-3-5-9/h2-6H2,1H3,(H,11,12). The van der Waals surface area contributed by atoms with Crippen molar-refractivity contribution in [3.05, 3.63) is 0 Å². The Balaban J connectivity index is 2.52. The number of aliphatic carboxylic acids is 1. The number of thioether (sulfide) groups is 1. The molecule has 1 aliphatic rings. The normalized spacial score (nSPS) is 19.2. The number of hydrogen-bond donors (Lipinski definition) is 1. The Hall–Kier alpha value is -0.710. The maximum atomic E-state index is 11.1. The highest BCUT2D eigenvalue weighted by atomic mass is 32.2. The van der Waals surface area contributed by atoms with Crippen molar-refractivity contribution in [3.63, 3.8) is 0 Å². The van der Waals surface area contributed by atoms with E-state index in [9.17, 15) is 9.59 Å². The summed E-state index contributed by atoms with van der Waals surface area (Å²) in [5, 5.41) is 9.08. The fourth-order valence-electron chi connectivity index (χ4n) is 1.62. The Kier molecular flexibility index (Phi) is 3.80. The molecule has 5 heteroatoms. The molecule has 0 bridgehead atoms. The zero-order chi connectivity index (χ0) is 10.6. The van der Waals surface area contributed by atoms with Gasteiger partial charge in [0.05, 0.1) is 12.9 Å². The van der Waals surface area contributed by atoms with Gasteiger partial charge in [0.2, 0.25) is 0 Å². The topological polar surface area (TPSA) is 63.6 Å². The third-order valence-corrected chi connectivity index (χ3v) is 4.01. The van der Waals surface area contributed by atoms with E-state index in [1.807, 2.05) is 0 Å². The predicted molar refractivity (Wildman–Crippen MR) is 53.3 cm³/mol. The molecule has 1 N–H and O–H groups in total. The molecule has 0 aromatic heterocycles. The van der Waals surface area contributed by atoms with Crippen LogP contribution in [-0.2, 0) is 14.3 Å². The molecule has 1 rings (SSSR count). The quantitative estimate of drug-likeness (QED) is 0.720. The summed E-state index contributed by atoms with van der Waals surface area (Å²) < 4.78 is 3.74. The summed E-state index contributed by atoms with van der Waals surface area (Å²) in [5.41, 5.74) is 0. The second-order valence-electron chi connectivity index (χ2n) is 3.37. The predicted octanol–water partition coefficient (Wildman–Crippen LogP) is 1.29. The number of carbonyl (C=O) groups excluding carboxylic acids is 1. The van der Waals surface area contributed by atoms with Crippen molar-refractivity contribution in [1.29, 1.82) is 0 Å². The first kappa shape index (κ1) is 11.4. The molecule has 1 saturated carbocycles. The second kappa shape index (κ2) is 4.68. The van der Waals surface area contributed by atoms with E-state index in [-0.39, 0.29) is 11.7 Å². The Labute approximate surface area is 87.0 Å². The van der Waals surface area contributed by atoms with Crippen LogP contribution in [0.25, 0.3) is 0 Å². The van der Waals surface area contributed by atoms with Crippen LogP contribution in [0.1, 0.15) is 25.7 Å². The molecule has 1 aliphatic carbocycles. The van der Waals surface area contributed by atoms with E-state index >= 15 is 0 Å². The van der Waals surface area contributed by atoms with E-state index in [1.165, 1.54) is 18.9 Å². The van der Waals surface area contributed by atoms with E-state index in [1.54, 1.807) is 0 Å². The molecule has 0 spiro atoms. The molecule has 0 unspecified atom stereocenters. The minimum Gasteiger partial charge on any atom is -0.480 e. The third-order valence-electron chi connectivity index (χ3n) is 2.49. The molecule has 4 nitrogen and oxygen atoms in total. The van der Waals surface area contributed by atoms with Crippen LogP contribution in [0.2, 0.25) is 0 Å². The fourth-order valence-corrected chi connectivity index (χ4v) is 2.83. The molecule has 80 valence electrons. The van der Waals surface area contributed by atoms with Gasteiger partial charge in [-0.1, -0.05) is 12.8 Å². The molecule has 0 heterocycles. The minimum absolute atomic E-state index is 0.128. The highest BCUT2D eigenvalue weighted by molar-refractivity contribution is 8.02. The molecule has 0 aromatic rings. The van der Waals surface area contributed by atoms with Gasteiger partial charge in [-0.3, -0.25) is 9.59 Å². The number of carbonyl (C=O) groups is 2. The van der Waals surface area contributed by atoms with Crippen molar-refractivity contribution in [1.82, 2.24) is 0 Å². The van der Waals surface area contributed by atoms with E-state index < -0.39 is 10.7 Å². The number of hydrogen-bond acceptors (Lipinski definition) is 4. The van der Waals surface area contributed by atoms with Gasteiger partial charge in [0, 0.05) is 0 Å². The van der Waals surface area contributed by atoms with Gasteiger partial charge in [-0.05, 0) is 12.8 Å². The van der Waals surface area contributed by atoms with Crippen LogP contribution in [-0.4, -0.2) is 34.7 Å². The van der Waals surface area contributed by atoms with Crippen molar-refractivity contribution in [3.8, 4) is 0 Å². The van der Waals surface area contributed by atoms with Gasteiger partial charge >= 0.3 is 11.9 Å². The van der Waals surface area contributed by atoms with E-state index in [0.29, 0.717) is 12.8 Å². The number of methoxy groups -OCH3 is 1. The summed E-state index contributed by atoms with van der Waals surface area (Å²) in [4.78, 5) is 21.9. The van der Waals surface area contributed by atoms with Gasteiger partial charge in [-0.15, -0.1) is 11.8 Å². The summed E-state index contributed by atoms with van der Waals surface area (Å²) in [6, 6.07) is 0. The van der Waals surface area contributed by atoms with Crippen LogP contribution >= 0.6 is 11.8 Å². The second-order valence-corrected chi connectivity index (χ2v) is 4.73. The summed E-state index contributed by atoms with van der Waals surface area (Å²) in [6.07, 6.45) is 3.18. The highest BCUT2D eigenvalue weighted by Crippen LogP contribution is 2.41. The summed E-state index contributed by atoms with van der Waals surface area (Å²) in [5.74, 6) is -1.03. The first-order valence-electron chi connectivity index (χ1n) is 4.55. The van der Waals surface area contributed by atoms with Crippen molar-refractivity contribution < 1.29 is 19.4 Å². The minimum atomic E-state index is -0.802. The first-order valence-corrected chi connectivity index (χ1v) is 5.53. The summed E-state index contributed by atoms with van der Waals surface area (Å²) in [6.45, 7) is 0. The molecule has 14 heavy (non-hydrogen) atoms. The van der Waals surface area contributed by atoms with E-state index in [2.05, 4.69) is 4.74 Å². The summed E-state index contributed by atoms with van der Waals surface area (Å²) in [7, 11) is 1.31. The van der Waals surface area contributed by atoms with Gasteiger partial charge in [-0.25, -0.2) is 0 Å². The smallest absolute Gasteiger partial charge is 0.319 e. The lowest BCUT2D eigenvalue weighted by Gasteiger charge is -2.22. The first-order chi connectivity index (χ1) is 6.60. The maximum Gasteiger partial charge on any atom is 0.319 e. The zero-order valence-corrected chi connectivity index (χ0v) is 8.93. The van der Waals surface area contributed by atoms with Crippen molar-refractivity contribution in [2.24, 2.45) is 0 Å². The Morgan fingerprint density at radius 2 is 2.00 bits per heavy atom. The lowest BCUT2D eigenvalue weighted by Crippen LogP contribution is -2.32. The van der Waals surface area contributed by atoms with Crippen LogP contribution < -0.4 is 0 Å². The van der Waals surface area contributed by atoms with Gasteiger partial charge in [-0.2, -0.15) is 0 Å². The molecule has 0 atom stereocenters. The van der Waals surface area contributed by atoms with Crippen LogP contribution in [0.5, 0.6) is 0 Å². The van der Waals surface area contributed by atoms with E-state index in [0.717, 1.165) is 12.8 Å². The largest absolute Gasteiger partial charge is 0.480 e. The molecule has 0 amide bonds. The molecule has 1 fully saturated rings. The average Bonchev–Trinajstić information content (AvgIpc) is 2.64. The number of esters is 1. The third kappa shape index (κ3) is 2.41. The lowest BCUT2D eigenvalue weighted by atomic mass is 10.1. The molecule has 0 aromatic carbocycles. The molecule has 0 saturated heterocycles. The molecular weight excluding hydrogens is 204 g/mol. The number of carboxylic acids is 1. The van der Waals surface area contributed by atoms with E-state index in [4.69, 9.17) is 5.11 Å². The van der Waals surface area contributed by atoms with Gasteiger partial charge in [0.1, 0.15) is 4.75 Å². The van der Waals surface area contributed by atoms with Crippen molar-refractivity contribution >= 4 is 23.7 Å². The number of carboxylic acid groups (broad SMARTS) is 1. The van der Waals surface area contributed by atoms with Gasteiger partial charge < -0.3 is 9.84 Å². The SMILES string of the molecule is COC(=O)CSC1(C(=O)O)CCCC1. The Morgan fingerprint density at radius 1 is 1.43 bits per heavy atom. The maximum absolute atomic E-state index is 11.1. The Morgan fingerprint density at radius 3 is 2.43 bits per heavy atom. The van der Waals surface area contributed by atoms with Crippen LogP contribution in [0, 0.1) is 0 Å². The molecular formula is C9H14O4S. The Bertz CT molecular complexity index is 233. The fraction of sp³-hybridized carbons (Fsp3) is 0.778. The van der Waals surface area contributed by atoms with Gasteiger partial charge in [0.15, 0.2) is 0 Å². The summed E-state index contributed by atoms with van der Waals surface area (Å²) >= 11 is 1.20. The molecule has 0 radical (unpaired) electrons. The number of rotatable bonds is 4.